The highest BCUT2D eigenvalue weighted by Crippen LogP contribution is 2.34. The number of nitrogens with zero attached hydrogens (tertiary/aromatic N) is 3. The highest BCUT2D eigenvalue weighted by atomic mass is 16.6. The molecule has 2 heterocycles. The summed E-state index contributed by atoms with van der Waals surface area (Å²) in [6.07, 6.45) is 3.21. The Morgan fingerprint density at radius 3 is 2.63 bits per heavy atom. The number of piperidine rings is 1. The number of nitrogen functional groups attached to an aromatic ring is 1. The van der Waals surface area contributed by atoms with E-state index in [4.69, 9.17) is 15.2 Å². The molecule has 2 rings (SSSR count). The number of carbonyl (C=O) groups is 2. The number of nitrogens with two attached hydrogens (primary N) is 1. The first-order valence-electron chi connectivity index (χ1n) is 9.60. The van der Waals surface area contributed by atoms with Gasteiger partial charge < -0.3 is 20.1 Å². The van der Waals surface area contributed by atoms with Crippen molar-refractivity contribution in [1.29, 1.82) is 0 Å². The summed E-state index contributed by atoms with van der Waals surface area (Å²) < 4.78 is 12.1. The molecule has 0 spiro atoms. The van der Waals surface area contributed by atoms with Crippen molar-refractivity contribution in [3.8, 4) is 0 Å². The van der Waals surface area contributed by atoms with Crippen LogP contribution >= 0.6 is 0 Å². The lowest BCUT2D eigenvalue weighted by Crippen LogP contribution is -2.42. The molecule has 27 heavy (non-hydrogen) atoms. The quantitative estimate of drug-likeness (QED) is 0.788. The lowest BCUT2D eigenvalue weighted by Gasteiger charge is -2.34. The van der Waals surface area contributed by atoms with Crippen LogP contribution in [0.5, 0.6) is 0 Å². The highest BCUT2D eigenvalue weighted by Gasteiger charge is 2.34. The average Bonchev–Trinajstić information content (AvgIpc) is 2.94. The van der Waals surface area contributed by atoms with Gasteiger partial charge >= 0.3 is 12.1 Å². The Bertz CT molecular complexity index is 678. The fraction of sp³-hybridized carbons (Fsp3) is 0.737. The van der Waals surface area contributed by atoms with Crippen LogP contribution in [-0.2, 0) is 16.0 Å². The summed E-state index contributed by atoms with van der Waals surface area (Å²) >= 11 is 0. The van der Waals surface area contributed by atoms with E-state index >= 15 is 0 Å². The molecule has 8 heteroatoms. The van der Waals surface area contributed by atoms with Crippen LogP contribution in [0.2, 0.25) is 0 Å². The molecule has 0 radical (unpaired) electrons. The zero-order valence-corrected chi connectivity index (χ0v) is 17.1. The van der Waals surface area contributed by atoms with Gasteiger partial charge in [-0.3, -0.25) is 0 Å². The van der Waals surface area contributed by atoms with E-state index in [1.54, 1.807) is 9.58 Å². The number of esters is 1. The lowest BCUT2D eigenvalue weighted by molar-refractivity contribution is 0.0198. The Kier molecular flexibility index (Phi) is 6.73. The van der Waals surface area contributed by atoms with E-state index in [-0.39, 0.29) is 17.7 Å². The van der Waals surface area contributed by atoms with Crippen molar-refractivity contribution in [1.82, 2.24) is 14.7 Å². The Morgan fingerprint density at radius 1 is 1.33 bits per heavy atom. The van der Waals surface area contributed by atoms with Gasteiger partial charge in [0.15, 0.2) is 5.69 Å². The van der Waals surface area contributed by atoms with Crippen LogP contribution in [0.25, 0.3) is 0 Å². The van der Waals surface area contributed by atoms with Gasteiger partial charge in [0.1, 0.15) is 11.4 Å². The Morgan fingerprint density at radius 2 is 2.04 bits per heavy atom. The standard InChI is InChI=1S/C19H32N4O4/c1-6-7-11-23-16(20)14(15(21-23)17(24)26-5)13-9-8-10-22(12-13)18(25)27-19(2,3)4/h13H,6-12,20H2,1-5H3. The van der Waals surface area contributed by atoms with E-state index in [1.165, 1.54) is 7.11 Å². The fourth-order valence-electron chi connectivity index (χ4n) is 3.32. The van der Waals surface area contributed by atoms with Crippen molar-refractivity contribution in [3.63, 3.8) is 0 Å². The first-order valence-corrected chi connectivity index (χ1v) is 9.60. The molecule has 1 aromatic heterocycles. The molecular weight excluding hydrogens is 348 g/mol. The van der Waals surface area contributed by atoms with Gasteiger partial charge in [-0.1, -0.05) is 13.3 Å². The van der Waals surface area contributed by atoms with Crippen LogP contribution in [0.3, 0.4) is 0 Å². The Balaban J connectivity index is 2.28. The number of unbranched alkanes of at least 4 members (excludes halogenated alkanes) is 1. The Hall–Kier alpha value is -2.25. The third-order valence-corrected chi connectivity index (χ3v) is 4.61. The number of ether oxygens (including phenoxy) is 2. The zero-order valence-electron chi connectivity index (χ0n) is 17.1. The number of carbonyl (C=O) groups excluding carboxylic acids is 2. The molecule has 1 amide bonds. The second-order valence-corrected chi connectivity index (χ2v) is 7.98. The molecule has 1 fully saturated rings. The molecule has 0 aromatic carbocycles. The largest absolute Gasteiger partial charge is 0.464 e. The topological polar surface area (TPSA) is 99.7 Å². The third-order valence-electron chi connectivity index (χ3n) is 4.61. The van der Waals surface area contributed by atoms with Crippen molar-refractivity contribution >= 4 is 17.9 Å². The summed E-state index contributed by atoms with van der Waals surface area (Å²) in [5.41, 5.74) is 6.74. The summed E-state index contributed by atoms with van der Waals surface area (Å²) in [5.74, 6) is -0.0861. The van der Waals surface area contributed by atoms with Gasteiger partial charge in [-0.15, -0.1) is 0 Å². The van der Waals surface area contributed by atoms with E-state index < -0.39 is 11.6 Å². The molecule has 8 nitrogen and oxygen atoms in total. The number of hydrogen-bond donors (Lipinski definition) is 1. The average molecular weight is 380 g/mol. The maximum atomic E-state index is 12.5. The second kappa shape index (κ2) is 8.63. The zero-order chi connectivity index (χ0) is 20.2. The maximum absolute atomic E-state index is 12.5. The molecule has 1 aliphatic rings. The van der Waals surface area contributed by atoms with Crippen LogP contribution in [0, 0.1) is 0 Å². The number of amides is 1. The molecule has 0 aliphatic carbocycles. The monoisotopic (exact) mass is 380 g/mol. The minimum absolute atomic E-state index is 0.0734. The van der Waals surface area contributed by atoms with Crippen LogP contribution in [0.1, 0.15) is 75.3 Å². The smallest absolute Gasteiger partial charge is 0.410 e. The SMILES string of the molecule is CCCCn1nc(C(=O)OC)c(C2CCCN(C(=O)OC(C)(C)C)C2)c1N. The normalized spacial score (nSPS) is 17.7. The molecule has 0 saturated carbocycles. The Labute approximate surface area is 161 Å². The summed E-state index contributed by atoms with van der Waals surface area (Å²) in [4.78, 5) is 26.4. The van der Waals surface area contributed by atoms with Gasteiger partial charge in [-0.2, -0.15) is 5.10 Å². The number of rotatable bonds is 5. The number of anilines is 1. The second-order valence-electron chi connectivity index (χ2n) is 7.98. The van der Waals surface area contributed by atoms with Crippen molar-refractivity contribution < 1.29 is 19.1 Å². The minimum Gasteiger partial charge on any atom is -0.464 e. The number of hydrogen-bond acceptors (Lipinski definition) is 6. The van der Waals surface area contributed by atoms with E-state index in [1.807, 2.05) is 20.8 Å². The highest BCUT2D eigenvalue weighted by molar-refractivity contribution is 5.90. The molecule has 1 unspecified atom stereocenters. The molecule has 1 saturated heterocycles. The summed E-state index contributed by atoms with van der Waals surface area (Å²) in [6.45, 7) is 9.34. The summed E-state index contributed by atoms with van der Waals surface area (Å²) in [7, 11) is 1.33. The van der Waals surface area contributed by atoms with Crippen LogP contribution in [0.15, 0.2) is 0 Å². The molecule has 2 N–H and O–H groups in total. The predicted octanol–water partition coefficient (Wildman–Crippen LogP) is 3.17. The summed E-state index contributed by atoms with van der Waals surface area (Å²) in [6, 6.07) is 0. The van der Waals surface area contributed by atoms with Gasteiger partial charge in [0, 0.05) is 31.1 Å². The minimum atomic E-state index is -0.550. The van der Waals surface area contributed by atoms with Crippen LogP contribution in [-0.4, -0.2) is 52.5 Å². The van der Waals surface area contributed by atoms with Gasteiger partial charge in [0.25, 0.3) is 0 Å². The van der Waals surface area contributed by atoms with Crippen molar-refractivity contribution in [2.24, 2.45) is 0 Å². The maximum Gasteiger partial charge on any atom is 0.410 e. The summed E-state index contributed by atoms with van der Waals surface area (Å²) in [5, 5.41) is 4.40. The third kappa shape index (κ3) is 5.14. The van der Waals surface area contributed by atoms with Crippen molar-refractivity contribution in [2.75, 3.05) is 25.9 Å². The van der Waals surface area contributed by atoms with E-state index in [0.717, 1.165) is 25.7 Å². The first-order chi connectivity index (χ1) is 12.7. The predicted molar refractivity (Wildman–Crippen MR) is 103 cm³/mol. The molecule has 1 atom stereocenters. The fourth-order valence-corrected chi connectivity index (χ4v) is 3.32. The number of methoxy groups -OCH3 is 1. The van der Waals surface area contributed by atoms with Crippen LogP contribution < -0.4 is 5.73 Å². The van der Waals surface area contributed by atoms with Gasteiger partial charge in [0.2, 0.25) is 0 Å². The van der Waals surface area contributed by atoms with Gasteiger partial charge in [-0.05, 0) is 40.0 Å². The molecule has 0 bridgehead atoms. The van der Waals surface area contributed by atoms with Crippen LogP contribution in [0.4, 0.5) is 10.6 Å². The van der Waals surface area contributed by atoms with E-state index in [2.05, 4.69) is 12.0 Å². The van der Waals surface area contributed by atoms with Gasteiger partial charge in [-0.25, -0.2) is 14.3 Å². The van der Waals surface area contributed by atoms with Gasteiger partial charge in [0.05, 0.1) is 7.11 Å². The molecule has 1 aliphatic heterocycles. The molecule has 152 valence electrons. The van der Waals surface area contributed by atoms with E-state index in [9.17, 15) is 9.59 Å². The molecule has 1 aromatic rings. The molecular formula is C19H32N4O4. The lowest BCUT2D eigenvalue weighted by atomic mass is 9.90. The van der Waals surface area contributed by atoms with Crippen molar-refractivity contribution in [3.05, 3.63) is 11.3 Å². The van der Waals surface area contributed by atoms with E-state index in [0.29, 0.717) is 31.0 Å². The number of likely N-dealkylation sites (tertiary alicyclic amines) is 1. The number of aromatic nitrogens is 2. The number of aryl methyl sites for hydroxylation is 1. The van der Waals surface area contributed by atoms with Crippen molar-refractivity contribution in [2.45, 2.75) is 71.4 Å². The first kappa shape index (κ1) is 21.1.